The Balaban J connectivity index is 2.37. The molecule has 0 bridgehead atoms. The summed E-state index contributed by atoms with van der Waals surface area (Å²) in [6.07, 6.45) is 4.36. The maximum absolute atomic E-state index is 11.2. The molecule has 0 fully saturated rings. The maximum Gasteiger partial charge on any atom is 0.220 e. The summed E-state index contributed by atoms with van der Waals surface area (Å²) < 4.78 is 0. The van der Waals surface area contributed by atoms with Crippen LogP contribution in [-0.2, 0) is 11.3 Å². The highest BCUT2D eigenvalue weighted by atomic mass is 16.3. The Hall–Kier alpha value is -1.42. The molecule has 1 aromatic heterocycles. The molecule has 82 valence electrons. The van der Waals surface area contributed by atoms with Crippen LogP contribution in [0.1, 0.15) is 24.0 Å². The predicted octanol–water partition coefficient (Wildman–Crippen LogP) is 0.779. The second-order valence-corrected chi connectivity index (χ2v) is 3.41. The molecule has 0 aliphatic rings. The number of carbonyl (C=O) groups is 1. The van der Waals surface area contributed by atoms with Gasteiger partial charge in [0.05, 0.1) is 0 Å². The van der Waals surface area contributed by atoms with Crippen LogP contribution in [0.3, 0.4) is 0 Å². The number of aromatic nitrogens is 1. The smallest absolute Gasteiger partial charge is 0.220 e. The van der Waals surface area contributed by atoms with Gasteiger partial charge in [0.1, 0.15) is 0 Å². The standard InChI is InChI=1S/C11H16N2O2/c1-9-4-5-12-7-10(9)8-13-11(15)3-2-6-14/h4-5,7,14H,2-3,6,8H2,1H3,(H,13,15). The summed E-state index contributed by atoms with van der Waals surface area (Å²) in [5.74, 6) is -0.0349. The first-order valence-corrected chi connectivity index (χ1v) is 5.01. The lowest BCUT2D eigenvalue weighted by atomic mass is 10.1. The molecule has 0 unspecified atom stereocenters. The molecule has 0 saturated carbocycles. The van der Waals surface area contributed by atoms with Gasteiger partial charge in [-0.25, -0.2) is 0 Å². The lowest BCUT2D eigenvalue weighted by Crippen LogP contribution is -2.23. The van der Waals surface area contributed by atoms with E-state index in [4.69, 9.17) is 5.11 Å². The SMILES string of the molecule is Cc1ccncc1CNC(=O)CCCO. The molecule has 0 aliphatic carbocycles. The Labute approximate surface area is 89.3 Å². The molecule has 1 heterocycles. The average molecular weight is 208 g/mol. The highest BCUT2D eigenvalue weighted by Crippen LogP contribution is 2.04. The van der Waals surface area contributed by atoms with Gasteiger partial charge in [-0.15, -0.1) is 0 Å². The van der Waals surface area contributed by atoms with E-state index >= 15 is 0 Å². The largest absolute Gasteiger partial charge is 0.396 e. The predicted molar refractivity (Wildman–Crippen MR) is 57.1 cm³/mol. The number of amides is 1. The molecular formula is C11H16N2O2. The Bertz CT molecular complexity index is 326. The summed E-state index contributed by atoms with van der Waals surface area (Å²) in [6.45, 7) is 2.54. The van der Waals surface area contributed by atoms with Crippen LogP contribution < -0.4 is 5.32 Å². The van der Waals surface area contributed by atoms with Crippen molar-refractivity contribution in [2.24, 2.45) is 0 Å². The van der Waals surface area contributed by atoms with E-state index in [2.05, 4.69) is 10.3 Å². The number of nitrogens with one attached hydrogen (secondary N) is 1. The fraction of sp³-hybridized carbons (Fsp3) is 0.455. The third-order valence-corrected chi connectivity index (χ3v) is 2.19. The van der Waals surface area contributed by atoms with E-state index in [1.807, 2.05) is 13.0 Å². The van der Waals surface area contributed by atoms with Crippen molar-refractivity contribution in [1.29, 1.82) is 0 Å². The third kappa shape index (κ3) is 4.08. The van der Waals surface area contributed by atoms with Crippen LogP contribution in [0.2, 0.25) is 0 Å². The first kappa shape index (κ1) is 11.7. The first-order chi connectivity index (χ1) is 7.24. The third-order valence-electron chi connectivity index (χ3n) is 2.19. The molecule has 0 aliphatic heterocycles. The minimum absolute atomic E-state index is 0.0349. The molecule has 0 saturated heterocycles. The average Bonchev–Trinajstić information content (AvgIpc) is 2.25. The molecule has 1 amide bonds. The molecule has 0 radical (unpaired) electrons. The molecule has 2 N–H and O–H groups in total. The Morgan fingerprint density at radius 3 is 3.07 bits per heavy atom. The summed E-state index contributed by atoms with van der Waals surface area (Å²) in [5, 5.41) is 11.3. The van der Waals surface area contributed by atoms with E-state index < -0.39 is 0 Å². The van der Waals surface area contributed by atoms with Gasteiger partial charge >= 0.3 is 0 Å². The van der Waals surface area contributed by atoms with Gasteiger partial charge in [0, 0.05) is 32.0 Å². The molecule has 15 heavy (non-hydrogen) atoms. The highest BCUT2D eigenvalue weighted by molar-refractivity contribution is 5.75. The summed E-state index contributed by atoms with van der Waals surface area (Å²) in [4.78, 5) is 15.2. The summed E-state index contributed by atoms with van der Waals surface area (Å²) in [5.41, 5.74) is 2.14. The molecule has 4 nitrogen and oxygen atoms in total. The number of nitrogens with zero attached hydrogens (tertiary/aromatic N) is 1. The summed E-state index contributed by atoms with van der Waals surface area (Å²) >= 11 is 0. The van der Waals surface area contributed by atoms with Crippen LogP contribution in [0.5, 0.6) is 0 Å². The number of aliphatic hydroxyl groups is 1. The topological polar surface area (TPSA) is 62.2 Å². The van der Waals surface area contributed by atoms with Gasteiger partial charge in [0.15, 0.2) is 0 Å². The van der Waals surface area contributed by atoms with Gasteiger partial charge in [-0.05, 0) is 30.5 Å². The monoisotopic (exact) mass is 208 g/mol. The van der Waals surface area contributed by atoms with Crippen LogP contribution in [0, 0.1) is 6.92 Å². The zero-order valence-corrected chi connectivity index (χ0v) is 8.86. The lowest BCUT2D eigenvalue weighted by Gasteiger charge is -2.06. The van der Waals surface area contributed by atoms with Crippen molar-refractivity contribution in [1.82, 2.24) is 10.3 Å². The van der Waals surface area contributed by atoms with Crippen molar-refractivity contribution < 1.29 is 9.90 Å². The fourth-order valence-corrected chi connectivity index (χ4v) is 1.20. The molecule has 0 aromatic carbocycles. The number of rotatable bonds is 5. The van der Waals surface area contributed by atoms with E-state index in [0.29, 0.717) is 19.4 Å². The Morgan fingerprint density at radius 1 is 1.60 bits per heavy atom. The van der Waals surface area contributed by atoms with E-state index in [1.54, 1.807) is 12.4 Å². The van der Waals surface area contributed by atoms with Gasteiger partial charge < -0.3 is 10.4 Å². The molecule has 0 spiro atoms. The minimum atomic E-state index is -0.0349. The Kier molecular flexibility index (Phi) is 4.77. The minimum Gasteiger partial charge on any atom is -0.396 e. The molecular weight excluding hydrogens is 192 g/mol. The zero-order valence-electron chi connectivity index (χ0n) is 8.86. The number of hydrogen-bond acceptors (Lipinski definition) is 3. The molecule has 4 heteroatoms. The van der Waals surface area contributed by atoms with Gasteiger partial charge in [-0.3, -0.25) is 9.78 Å². The summed E-state index contributed by atoms with van der Waals surface area (Å²) in [6, 6.07) is 1.91. The number of hydrogen-bond donors (Lipinski definition) is 2. The van der Waals surface area contributed by atoms with Crippen molar-refractivity contribution in [2.75, 3.05) is 6.61 Å². The fourth-order valence-electron chi connectivity index (χ4n) is 1.20. The quantitative estimate of drug-likeness (QED) is 0.751. The van der Waals surface area contributed by atoms with Crippen LogP contribution in [-0.4, -0.2) is 22.6 Å². The van der Waals surface area contributed by atoms with E-state index in [-0.39, 0.29) is 12.5 Å². The lowest BCUT2D eigenvalue weighted by molar-refractivity contribution is -0.121. The van der Waals surface area contributed by atoms with Crippen molar-refractivity contribution in [2.45, 2.75) is 26.3 Å². The molecule has 1 aromatic rings. The number of aryl methyl sites for hydroxylation is 1. The number of carbonyl (C=O) groups excluding carboxylic acids is 1. The van der Waals surface area contributed by atoms with Gasteiger partial charge in [-0.2, -0.15) is 0 Å². The summed E-state index contributed by atoms with van der Waals surface area (Å²) in [7, 11) is 0. The van der Waals surface area contributed by atoms with E-state index in [0.717, 1.165) is 11.1 Å². The van der Waals surface area contributed by atoms with Crippen molar-refractivity contribution in [3.8, 4) is 0 Å². The molecule has 1 rings (SSSR count). The second kappa shape index (κ2) is 6.14. The van der Waals surface area contributed by atoms with Crippen molar-refractivity contribution in [3.05, 3.63) is 29.6 Å². The van der Waals surface area contributed by atoms with E-state index in [1.165, 1.54) is 0 Å². The normalized spacial score (nSPS) is 10.0. The van der Waals surface area contributed by atoms with Crippen LogP contribution >= 0.6 is 0 Å². The van der Waals surface area contributed by atoms with Crippen molar-refractivity contribution in [3.63, 3.8) is 0 Å². The van der Waals surface area contributed by atoms with Crippen LogP contribution in [0.15, 0.2) is 18.5 Å². The van der Waals surface area contributed by atoms with Gasteiger partial charge in [0.2, 0.25) is 5.91 Å². The van der Waals surface area contributed by atoms with Crippen LogP contribution in [0.4, 0.5) is 0 Å². The Morgan fingerprint density at radius 2 is 2.40 bits per heavy atom. The first-order valence-electron chi connectivity index (χ1n) is 5.01. The molecule has 0 atom stereocenters. The maximum atomic E-state index is 11.2. The number of pyridine rings is 1. The van der Waals surface area contributed by atoms with Crippen molar-refractivity contribution >= 4 is 5.91 Å². The highest BCUT2D eigenvalue weighted by Gasteiger charge is 2.02. The van der Waals surface area contributed by atoms with Gasteiger partial charge in [0.25, 0.3) is 0 Å². The van der Waals surface area contributed by atoms with Gasteiger partial charge in [-0.1, -0.05) is 0 Å². The zero-order chi connectivity index (χ0) is 11.1. The van der Waals surface area contributed by atoms with Crippen LogP contribution in [0.25, 0.3) is 0 Å². The number of aliphatic hydroxyl groups excluding tert-OH is 1. The second-order valence-electron chi connectivity index (χ2n) is 3.41. The van der Waals surface area contributed by atoms with E-state index in [9.17, 15) is 4.79 Å².